The van der Waals surface area contributed by atoms with E-state index in [-0.39, 0.29) is 0 Å². The van der Waals surface area contributed by atoms with Crippen LogP contribution in [0.15, 0.2) is 0 Å². The third-order valence-corrected chi connectivity index (χ3v) is 0. The molecule has 64 valence electrons. The molecule has 0 saturated heterocycles. The molecule has 0 saturated carbocycles. The van der Waals surface area contributed by atoms with Gasteiger partial charge in [0.05, 0.1) is 0 Å². The summed E-state index contributed by atoms with van der Waals surface area (Å²) in [6.45, 7) is 0. The second kappa shape index (κ2) is 3.81. The number of hydrogen-bond acceptors (Lipinski definition) is 5. The second-order valence-corrected chi connectivity index (χ2v) is 2.98. The van der Waals surface area contributed by atoms with Crippen molar-refractivity contribution >= 4 is 10.4 Å². The van der Waals surface area contributed by atoms with E-state index in [1.54, 1.807) is 0 Å². The van der Waals surface area contributed by atoms with Crippen LogP contribution in [0, 0.1) is 0 Å². The van der Waals surface area contributed by atoms with Gasteiger partial charge in [-0.25, -0.2) is 0 Å². The molecule has 0 aromatic carbocycles. The Kier molecular flexibility index (Phi) is 4.73. The molecule has 0 heterocycles. The zero-order valence-electron chi connectivity index (χ0n) is 4.17. The summed E-state index contributed by atoms with van der Waals surface area (Å²) in [6.07, 6.45) is 0. The summed E-state index contributed by atoms with van der Waals surface area (Å²) in [7, 11) is -4.67. The standard InChI is InChI=1S/Mn.H2O4S.H2O.3O/c;1-5(2,3)4;;;;/h;(H2,1,2,3,4);1H2;;;/q+1;;;;;/p-1. The van der Waals surface area contributed by atoms with Gasteiger partial charge in [-0.05, 0) is 0 Å². The van der Waals surface area contributed by atoms with Crippen LogP contribution in [0.1, 0.15) is 0 Å². The Morgan fingerprint density at radius 1 is 1.00 bits per heavy atom. The van der Waals surface area contributed by atoms with E-state index in [0.29, 0.717) is 0 Å². The molecule has 10 heteroatoms. The Balaban J connectivity index is 0. The van der Waals surface area contributed by atoms with E-state index in [1.165, 1.54) is 0 Å². The van der Waals surface area contributed by atoms with Crippen LogP contribution in [-0.4, -0.2) is 21.7 Å². The molecule has 0 atom stereocenters. The molecular weight excluding hydrogens is 215 g/mol. The van der Waals surface area contributed by atoms with Crippen molar-refractivity contribution in [2.45, 2.75) is 0 Å². The summed E-state index contributed by atoms with van der Waals surface area (Å²) >= 11 is -5.38. The van der Waals surface area contributed by atoms with Crippen molar-refractivity contribution in [1.29, 1.82) is 0 Å². The fraction of sp³-hybridized carbons (Fsp3) is 0. The van der Waals surface area contributed by atoms with Gasteiger partial charge in [-0.1, -0.05) is 0 Å². The van der Waals surface area contributed by atoms with E-state index in [2.05, 4.69) is 0 Å². The predicted octanol–water partition coefficient (Wildman–Crippen LogP) is -1.57. The molecule has 3 N–H and O–H groups in total. The minimum absolute atomic E-state index is 4.67. The topological polar surface area (TPSA) is 146 Å². The van der Waals surface area contributed by atoms with E-state index in [4.69, 9.17) is 33.2 Å². The average molecular weight is 218 g/mol. The van der Waals surface area contributed by atoms with Crippen LogP contribution in [0.2, 0.25) is 0 Å². The molecule has 0 aromatic heterocycles. The maximum atomic E-state index is 8.74. The fourth-order valence-electron chi connectivity index (χ4n) is 0. The number of rotatable bonds is 0. The Hall–Kier alpha value is -0.251. The molecule has 10 heavy (non-hydrogen) atoms. The van der Waals surface area contributed by atoms with Gasteiger partial charge >= 0.3 is 39.1 Å². The molecule has 0 fully saturated rings. The summed E-state index contributed by atoms with van der Waals surface area (Å²) in [5.74, 6) is 0. The Labute approximate surface area is 57.2 Å². The van der Waals surface area contributed by atoms with Gasteiger partial charge in [-0.15, -0.1) is 0 Å². The number of hydrogen-bond donors (Lipinski definition) is 3. The van der Waals surface area contributed by atoms with Crippen LogP contribution in [0.3, 0.4) is 0 Å². The van der Waals surface area contributed by atoms with E-state index in [0.717, 1.165) is 0 Å². The van der Waals surface area contributed by atoms with Crippen LogP contribution in [0.25, 0.3) is 0 Å². The van der Waals surface area contributed by atoms with Crippen molar-refractivity contribution in [3.63, 3.8) is 0 Å². The van der Waals surface area contributed by atoms with Gasteiger partial charge in [-0.2, -0.15) is 8.42 Å². The van der Waals surface area contributed by atoms with E-state index < -0.39 is 23.4 Å². The normalized spacial score (nSPS) is 11.5. The van der Waals surface area contributed by atoms with E-state index in [9.17, 15) is 0 Å². The van der Waals surface area contributed by atoms with Gasteiger partial charge in [0.1, 0.15) is 0 Å². The van der Waals surface area contributed by atoms with Gasteiger partial charge in [0, 0.05) is 0 Å². The first-order valence-corrected chi connectivity index (χ1v) is 4.70. The molecule has 0 aliphatic rings. The summed E-state index contributed by atoms with van der Waals surface area (Å²) in [6, 6.07) is 0. The van der Waals surface area contributed by atoms with Gasteiger partial charge in [0.25, 0.3) is 0 Å². The Morgan fingerprint density at radius 2 is 1.00 bits per heavy atom. The van der Waals surface area contributed by atoms with Crippen LogP contribution >= 0.6 is 0 Å². The minimum atomic E-state index is -5.38. The molecule has 0 bridgehead atoms. The molecule has 0 amide bonds. The van der Waals surface area contributed by atoms with Crippen molar-refractivity contribution in [2.24, 2.45) is 0 Å². The fourth-order valence-corrected chi connectivity index (χ4v) is 0. The first kappa shape index (κ1) is 12.4. The van der Waals surface area contributed by atoms with Crippen LogP contribution in [0.5, 0.6) is 0 Å². The summed E-state index contributed by atoms with van der Waals surface area (Å²) in [5.41, 5.74) is 0. The van der Waals surface area contributed by atoms with E-state index in [1.807, 2.05) is 0 Å². The maximum absolute atomic E-state index is 8.74. The molecule has 8 nitrogen and oxygen atoms in total. The van der Waals surface area contributed by atoms with Gasteiger partial charge < -0.3 is 0 Å². The third-order valence-electron chi connectivity index (χ3n) is 0. The molecule has 0 aliphatic carbocycles. The predicted molar refractivity (Wildman–Crippen MR) is 18.5 cm³/mol. The van der Waals surface area contributed by atoms with Crippen molar-refractivity contribution in [3.05, 3.63) is 0 Å². The first-order valence-electron chi connectivity index (χ1n) is 1.33. The van der Waals surface area contributed by atoms with Crippen molar-refractivity contribution in [2.75, 3.05) is 0 Å². The summed E-state index contributed by atoms with van der Waals surface area (Å²) in [4.78, 5) is 0. The van der Waals surface area contributed by atoms with Crippen LogP contribution in [-0.2, 0) is 34.9 Å². The van der Waals surface area contributed by atoms with Crippen molar-refractivity contribution in [1.82, 2.24) is 0 Å². The summed E-state index contributed by atoms with van der Waals surface area (Å²) < 4.78 is 64.6. The van der Waals surface area contributed by atoms with Crippen LogP contribution in [0.4, 0.5) is 0 Å². The van der Waals surface area contributed by atoms with Crippen molar-refractivity contribution < 1.29 is 46.2 Å². The molecule has 0 aromatic rings. The summed E-state index contributed by atoms with van der Waals surface area (Å²) in [5, 5.41) is 0. The van der Waals surface area contributed by atoms with Gasteiger partial charge in [0.2, 0.25) is 0 Å². The monoisotopic (exact) mass is 218 g/mol. The zero-order valence-corrected chi connectivity index (χ0v) is 6.17. The average Bonchev–Trinajstić information content (AvgIpc) is 1.12. The van der Waals surface area contributed by atoms with Gasteiger partial charge in [0.15, 0.2) is 0 Å². The van der Waals surface area contributed by atoms with Crippen molar-refractivity contribution in [3.8, 4) is 0 Å². The molecule has 0 aliphatic heterocycles. The molecule has 0 radical (unpaired) electrons. The van der Waals surface area contributed by atoms with E-state index >= 15 is 0 Å². The zero-order chi connectivity index (χ0) is 9.00. The Bertz CT molecular complexity index is 284. The Morgan fingerprint density at radius 3 is 1.00 bits per heavy atom. The second-order valence-electron chi connectivity index (χ2n) is 0.844. The molecule has 0 spiro atoms. The molecular formula is H3MnO8S. The third kappa shape index (κ3) is 5630. The van der Waals surface area contributed by atoms with Crippen LogP contribution < -0.4 is 0 Å². The molecule has 0 rings (SSSR count). The quantitative estimate of drug-likeness (QED) is 0.326. The van der Waals surface area contributed by atoms with Gasteiger partial charge in [-0.3, -0.25) is 9.11 Å². The SMILES string of the molecule is O=S(=O)(O)O.[O]=[Mn](=[O])(=[O])[OH]. The first-order chi connectivity index (χ1) is 4.00. The molecule has 0 unspecified atom stereocenters.